The Labute approximate surface area is 193 Å². The molecular weight excluding hydrogens is 459 g/mol. The largest absolute Gasteiger partial charge is 0.325 e. The van der Waals surface area contributed by atoms with Crippen LogP contribution >= 0.6 is 46.3 Å². The van der Waals surface area contributed by atoms with Gasteiger partial charge in [0.2, 0.25) is 5.91 Å². The monoisotopic (exact) mass is 478 g/mol. The molecule has 1 aliphatic rings. The van der Waals surface area contributed by atoms with Crippen molar-refractivity contribution in [3.05, 3.63) is 56.7 Å². The first-order chi connectivity index (χ1) is 14.6. The van der Waals surface area contributed by atoms with Crippen LogP contribution in [0.1, 0.15) is 23.3 Å². The predicted octanol–water partition coefficient (Wildman–Crippen LogP) is 6.11. The molecule has 1 N–H and O–H groups in total. The molecule has 0 bridgehead atoms. The molecule has 0 saturated heterocycles. The zero-order valence-electron chi connectivity index (χ0n) is 16.2. The highest BCUT2D eigenvalue weighted by Gasteiger charge is 2.22. The second-order valence-corrected chi connectivity index (χ2v) is 9.65. The van der Waals surface area contributed by atoms with Gasteiger partial charge in [-0.1, -0.05) is 41.0 Å². The molecule has 3 aromatic rings. The van der Waals surface area contributed by atoms with Crippen LogP contribution in [0.25, 0.3) is 11.4 Å². The van der Waals surface area contributed by atoms with Crippen molar-refractivity contribution in [1.82, 2.24) is 14.8 Å². The number of nitrogens with one attached hydrogen (secondary N) is 1. The lowest BCUT2D eigenvalue weighted by molar-refractivity contribution is -0.113. The van der Waals surface area contributed by atoms with Crippen LogP contribution < -0.4 is 5.32 Å². The number of carbonyl (C=O) groups is 1. The summed E-state index contributed by atoms with van der Waals surface area (Å²) in [6.07, 6.45) is 6.52. The molecule has 5 nitrogen and oxygen atoms in total. The van der Waals surface area contributed by atoms with Crippen molar-refractivity contribution in [3.63, 3.8) is 0 Å². The SMILES string of the molecule is C=CCn1c(SCC(=O)Nc2ccc(Cl)c(Cl)c2)nnc1-c1csc2c1CCCC2. The lowest BCUT2D eigenvalue weighted by Crippen LogP contribution is -2.14. The molecule has 0 aliphatic heterocycles. The van der Waals surface area contributed by atoms with Crippen LogP contribution in [0.5, 0.6) is 0 Å². The number of hydrogen-bond donors (Lipinski definition) is 1. The van der Waals surface area contributed by atoms with Gasteiger partial charge in [0.15, 0.2) is 11.0 Å². The number of allylic oxidation sites excluding steroid dienone is 1. The van der Waals surface area contributed by atoms with Gasteiger partial charge >= 0.3 is 0 Å². The second kappa shape index (κ2) is 9.56. The summed E-state index contributed by atoms with van der Waals surface area (Å²) in [5.74, 6) is 0.903. The maximum atomic E-state index is 12.4. The van der Waals surface area contributed by atoms with Crippen molar-refractivity contribution >= 4 is 57.9 Å². The first-order valence-electron chi connectivity index (χ1n) is 9.58. The van der Waals surface area contributed by atoms with Crippen LogP contribution in [-0.2, 0) is 24.2 Å². The minimum Gasteiger partial charge on any atom is -0.325 e. The molecule has 1 amide bonds. The number of fused-ring (bicyclic) bond motifs is 1. The molecule has 2 aromatic heterocycles. The fraction of sp³-hybridized carbons (Fsp3) is 0.286. The first-order valence-corrected chi connectivity index (χ1v) is 12.2. The molecule has 1 aromatic carbocycles. The third-order valence-corrected chi connectivity index (χ3v) is 7.66. The standard InChI is InChI=1S/C21H20Cl2N4OS2/c1-2-9-27-20(15-11-29-18-6-4-3-5-14(15)18)25-26-21(27)30-12-19(28)24-13-7-8-16(22)17(23)10-13/h2,7-8,10-11H,1,3-6,9,12H2,(H,24,28). The predicted molar refractivity (Wildman–Crippen MR) is 126 cm³/mol. The molecule has 30 heavy (non-hydrogen) atoms. The van der Waals surface area contributed by atoms with Crippen molar-refractivity contribution < 1.29 is 4.79 Å². The number of carbonyl (C=O) groups excluding carboxylic acids is 1. The average Bonchev–Trinajstić information content (AvgIpc) is 3.33. The Hall–Kier alpha value is -1.80. The van der Waals surface area contributed by atoms with Gasteiger partial charge in [-0.2, -0.15) is 0 Å². The van der Waals surface area contributed by atoms with Crippen LogP contribution in [0.4, 0.5) is 5.69 Å². The van der Waals surface area contributed by atoms with Gasteiger partial charge < -0.3 is 5.32 Å². The van der Waals surface area contributed by atoms with E-state index in [0.717, 1.165) is 24.2 Å². The zero-order valence-corrected chi connectivity index (χ0v) is 19.3. The molecule has 4 rings (SSSR count). The van der Waals surface area contributed by atoms with E-state index in [0.29, 0.717) is 27.4 Å². The fourth-order valence-corrected chi connectivity index (χ4v) is 5.64. The average molecular weight is 479 g/mol. The minimum atomic E-state index is -0.152. The Morgan fingerprint density at radius 3 is 2.90 bits per heavy atom. The van der Waals surface area contributed by atoms with Gasteiger partial charge in [0.1, 0.15) is 0 Å². The van der Waals surface area contributed by atoms with E-state index in [1.54, 1.807) is 29.5 Å². The van der Waals surface area contributed by atoms with Crippen LogP contribution in [0.3, 0.4) is 0 Å². The summed E-state index contributed by atoms with van der Waals surface area (Å²) in [5.41, 5.74) is 3.17. The third-order valence-electron chi connectivity index (χ3n) is 4.87. The van der Waals surface area contributed by atoms with Crippen molar-refractivity contribution in [2.75, 3.05) is 11.1 Å². The van der Waals surface area contributed by atoms with Gasteiger partial charge in [-0.15, -0.1) is 28.1 Å². The lowest BCUT2D eigenvalue weighted by Gasteiger charge is -2.13. The van der Waals surface area contributed by atoms with Gasteiger partial charge in [-0.05, 0) is 49.4 Å². The quantitative estimate of drug-likeness (QED) is 0.328. The molecular formula is C21H20Cl2N4OS2. The minimum absolute atomic E-state index is 0.152. The number of nitrogens with zero attached hydrogens (tertiary/aromatic N) is 3. The van der Waals surface area contributed by atoms with Crippen LogP contribution in [0, 0.1) is 0 Å². The van der Waals surface area contributed by atoms with E-state index in [-0.39, 0.29) is 11.7 Å². The van der Waals surface area contributed by atoms with Crippen molar-refractivity contribution in [3.8, 4) is 11.4 Å². The van der Waals surface area contributed by atoms with Crippen LogP contribution in [0.15, 0.2) is 41.4 Å². The van der Waals surface area contributed by atoms with Crippen LogP contribution in [0.2, 0.25) is 10.0 Å². The fourth-order valence-electron chi connectivity index (χ4n) is 3.47. The van der Waals surface area contributed by atoms with E-state index in [2.05, 4.69) is 27.5 Å². The van der Waals surface area contributed by atoms with Gasteiger partial charge in [0.05, 0.1) is 15.8 Å². The molecule has 0 fully saturated rings. The van der Waals surface area contributed by atoms with E-state index in [9.17, 15) is 4.79 Å². The number of thioether (sulfide) groups is 1. The Kier molecular flexibility index (Phi) is 6.83. The number of thiophene rings is 1. The van der Waals surface area contributed by atoms with Crippen molar-refractivity contribution in [1.29, 1.82) is 0 Å². The number of benzene rings is 1. The van der Waals surface area contributed by atoms with E-state index >= 15 is 0 Å². The molecule has 0 unspecified atom stereocenters. The lowest BCUT2D eigenvalue weighted by atomic mass is 9.95. The number of rotatable bonds is 7. The van der Waals surface area contributed by atoms with Crippen molar-refractivity contribution in [2.45, 2.75) is 37.4 Å². The number of halogens is 2. The molecule has 9 heteroatoms. The maximum Gasteiger partial charge on any atom is 0.234 e. The summed E-state index contributed by atoms with van der Waals surface area (Å²) in [7, 11) is 0. The summed E-state index contributed by atoms with van der Waals surface area (Å²) in [5, 5.41) is 15.4. The first kappa shape index (κ1) is 21.4. The van der Waals surface area contributed by atoms with Gasteiger partial charge in [0.25, 0.3) is 0 Å². The summed E-state index contributed by atoms with van der Waals surface area (Å²) in [6, 6.07) is 5.00. The van der Waals surface area contributed by atoms with E-state index in [1.807, 2.05) is 10.6 Å². The second-order valence-electron chi connectivity index (χ2n) is 6.93. The molecule has 0 radical (unpaired) electrons. The highest BCUT2D eigenvalue weighted by molar-refractivity contribution is 7.99. The maximum absolute atomic E-state index is 12.4. The van der Waals surface area contributed by atoms with Crippen LogP contribution in [-0.4, -0.2) is 26.4 Å². The highest BCUT2D eigenvalue weighted by Crippen LogP contribution is 2.37. The molecule has 0 atom stereocenters. The van der Waals surface area contributed by atoms with E-state index < -0.39 is 0 Å². The highest BCUT2D eigenvalue weighted by atomic mass is 35.5. The number of anilines is 1. The molecule has 2 heterocycles. The Morgan fingerprint density at radius 2 is 2.10 bits per heavy atom. The topological polar surface area (TPSA) is 59.8 Å². The molecule has 0 saturated carbocycles. The number of aromatic nitrogens is 3. The number of aryl methyl sites for hydroxylation is 1. The summed E-state index contributed by atoms with van der Waals surface area (Å²) < 4.78 is 2.03. The van der Waals surface area contributed by atoms with Gasteiger partial charge in [-0.25, -0.2) is 0 Å². The molecule has 1 aliphatic carbocycles. The Morgan fingerprint density at radius 1 is 1.27 bits per heavy atom. The molecule has 156 valence electrons. The Bertz CT molecular complexity index is 1090. The third kappa shape index (κ3) is 4.59. The number of amides is 1. The summed E-state index contributed by atoms with van der Waals surface area (Å²) in [4.78, 5) is 13.9. The Balaban J connectivity index is 1.49. The zero-order chi connectivity index (χ0) is 21.1. The van der Waals surface area contributed by atoms with Crippen molar-refractivity contribution in [2.24, 2.45) is 0 Å². The van der Waals surface area contributed by atoms with Gasteiger partial charge in [-0.3, -0.25) is 9.36 Å². The summed E-state index contributed by atoms with van der Waals surface area (Å²) >= 11 is 15.1. The van der Waals surface area contributed by atoms with E-state index in [4.69, 9.17) is 23.2 Å². The van der Waals surface area contributed by atoms with Gasteiger partial charge in [0, 0.05) is 28.1 Å². The van der Waals surface area contributed by atoms with E-state index in [1.165, 1.54) is 35.0 Å². The normalized spacial score (nSPS) is 13.1. The molecule has 0 spiro atoms. The summed E-state index contributed by atoms with van der Waals surface area (Å²) in [6.45, 7) is 4.45. The smallest absolute Gasteiger partial charge is 0.234 e. The number of hydrogen-bond acceptors (Lipinski definition) is 5.